The number of carbonyl (C=O) groups is 2. The molecule has 0 aliphatic carbocycles. The quantitative estimate of drug-likeness (QED) is 0.733. The van der Waals surface area contributed by atoms with E-state index in [1.807, 2.05) is 24.3 Å². The number of nitrogens with one attached hydrogen (secondary N) is 1. The number of aromatic nitrogens is 1. The first-order chi connectivity index (χ1) is 12.6. The van der Waals surface area contributed by atoms with E-state index in [-0.39, 0.29) is 0 Å². The number of rotatable bonds is 4. The minimum atomic E-state index is -0.601. The summed E-state index contributed by atoms with van der Waals surface area (Å²) in [6.45, 7) is 1.34. The van der Waals surface area contributed by atoms with Gasteiger partial charge in [0.15, 0.2) is 6.61 Å². The molecule has 0 fully saturated rings. The molecule has 3 rings (SSSR count). The summed E-state index contributed by atoms with van der Waals surface area (Å²) in [5.74, 6) is -1.12. The average molecular weight is 345 g/mol. The number of ether oxygens (including phenoxy) is 1. The van der Waals surface area contributed by atoms with E-state index in [0.29, 0.717) is 33.4 Å². The second-order valence-electron chi connectivity index (χ2n) is 5.61. The molecule has 6 nitrogen and oxygen atoms in total. The van der Waals surface area contributed by atoms with Crippen molar-refractivity contribution in [1.29, 1.82) is 5.26 Å². The predicted molar refractivity (Wildman–Crippen MR) is 96.5 cm³/mol. The van der Waals surface area contributed by atoms with Gasteiger partial charge < -0.3 is 10.1 Å². The first-order valence-corrected chi connectivity index (χ1v) is 7.91. The molecule has 2 aromatic carbocycles. The molecule has 26 heavy (non-hydrogen) atoms. The van der Waals surface area contributed by atoms with Gasteiger partial charge in [-0.25, -0.2) is 4.79 Å². The standard InChI is InChI=1S/C20H15N3O3/c1-13-10-16(15-7-3-5-9-18(15)22-13)20(25)26-12-19(24)23-17-8-4-2-6-14(17)11-21/h2-10H,12H2,1H3,(H,23,24). The van der Waals surface area contributed by atoms with Gasteiger partial charge in [-0.2, -0.15) is 5.26 Å². The fraction of sp³-hybridized carbons (Fsp3) is 0.100. The summed E-state index contributed by atoms with van der Waals surface area (Å²) in [6, 6.07) is 17.5. The molecule has 0 unspecified atom stereocenters. The molecule has 0 spiro atoms. The van der Waals surface area contributed by atoms with Gasteiger partial charge in [-0.15, -0.1) is 0 Å². The van der Waals surface area contributed by atoms with Gasteiger partial charge in [0.2, 0.25) is 0 Å². The number of hydrogen-bond donors (Lipinski definition) is 1. The third-order valence-corrected chi connectivity index (χ3v) is 3.72. The van der Waals surface area contributed by atoms with Crippen molar-refractivity contribution in [3.05, 3.63) is 71.4 Å². The summed E-state index contributed by atoms with van der Waals surface area (Å²) in [5.41, 5.74) is 2.44. The number of carbonyl (C=O) groups excluding carboxylic acids is 2. The van der Waals surface area contributed by atoms with Crippen LogP contribution in [0.1, 0.15) is 21.6 Å². The van der Waals surface area contributed by atoms with Gasteiger partial charge in [0, 0.05) is 11.1 Å². The lowest BCUT2D eigenvalue weighted by Gasteiger charge is -2.09. The van der Waals surface area contributed by atoms with Crippen LogP contribution in [0.3, 0.4) is 0 Å². The third-order valence-electron chi connectivity index (χ3n) is 3.72. The number of esters is 1. The van der Waals surface area contributed by atoms with E-state index >= 15 is 0 Å². The van der Waals surface area contributed by atoms with Gasteiger partial charge in [0.1, 0.15) is 6.07 Å². The summed E-state index contributed by atoms with van der Waals surface area (Å²) in [7, 11) is 0. The summed E-state index contributed by atoms with van der Waals surface area (Å²) >= 11 is 0. The van der Waals surface area contributed by atoms with Crippen LogP contribution < -0.4 is 5.32 Å². The second-order valence-corrected chi connectivity index (χ2v) is 5.61. The Labute approximate surface area is 150 Å². The molecule has 1 aromatic heterocycles. The highest BCUT2D eigenvalue weighted by molar-refractivity contribution is 6.04. The number of amides is 1. The Morgan fingerprint density at radius 2 is 1.88 bits per heavy atom. The summed E-state index contributed by atoms with van der Waals surface area (Å²) in [4.78, 5) is 28.8. The number of para-hydroxylation sites is 2. The largest absolute Gasteiger partial charge is 0.452 e. The van der Waals surface area contributed by atoms with E-state index in [4.69, 9.17) is 10.00 Å². The Morgan fingerprint density at radius 3 is 2.69 bits per heavy atom. The molecule has 1 heterocycles. The first-order valence-electron chi connectivity index (χ1n) is 7.91. The Morgan fingerprint density at radius 1 is 1.15 bits per heavy atom. The zero-order chi connectivity index (χ0) is 18.5. The molecule has 0 saturated carbocycles. The van der Waals surface area contributed by atoms with Crippen molar-refractivity contribution >= 4 is 28.5 Å². The minimum Gasteiger partial charge on any atom is -0.452 e. The van der Waals surface area contributed by atoms with Crippen molar-refractivity contribution in [3.63, 3.8) is 0 Å². The van der Waals surface area contributed by atoms with E-state index in [2.05, 4.69) is 10.3 Å². The van der Waals surface area contributed by atoms with Crippen LogP contribution in [0.4, 0.5) is 5.69 Å². The third kappa shape index (κ3) is 3.68. The highest BCUT2D eigenvalue weighted by atomic mass is 16.5. The van der Waals surface area contributed by atoms with Crippen LogP contribution in [0, 0.1) is 18.3 Å². The highest BCUT2D eigenvalue weighted by Crippen LogP contribution is 2.19. The molecule has 0 aliphatic heterocycles. The van der Waals surface area contributed by atoms with E-state index in [1.165, 1.54) is 0 Å². The van der Waals surface area contributed by atoms with E-state index in [1.54, 1.807) is 43.3 Å². The smallest absolute Gasteiger partial charge is 0.339 e. The van der Waals surface area contributed by atoms with Gasteiger partial charge in [-0.1, -0.05) is 30.3 Å². The zero-order valence-corrected chi connectivity index (χ0v) is 14.0. The van der Waals surface area contributed by atoms with Crippen LogP contribution in [0.5, 0.6) is 0 Å². The Kier molecular flexibility index (Phi) is 4.90. The number of fused-ring (bicyclic) bond motifs is 1. The van der Waals surface area contributed by atoms with Crippen molar-refractivity contribution in [2.24, 2.45) is 0 Å². The SMILES string of the molecule is Cc1cc(C(=O)OCC(=O)Nc2ccccc2C#N)c2ccccc2n1. The van der Waals surface area contributed by atoms with Gasteiger partial charge in [-0.05, 0) is 31.2 Å². The van der Waals surface area contributed by atoms with E-state index < -0.39 is 18.5 Å². The Hall–Kier alpha value is -3.72. The van der Waals surface area contributed by atoms with Gasteiger partial charge in [-0.3, -0.25) is 9.78 Å². The van der Waals surface area contributed by atoms with Crippen LogP contribution in [-0.2, 0) is 9.53 Å². The highest BCUT2D eigenvalue weighted by Gasteiger charge is 2.15. The average Bonchev–Trinajstić information content (AvgIpc) is 2.65. The van der Waals surface area contributed by atoms with E-state index in [0.717, 1.165) is 0 Å². The molecule has 0 saturated heterocycles. The molecular weight excluding hydrogens is 330 g/mol. The number of nitriles is 1. The lowest BCUT2D eigenvalue weighted by Crippen LogP contribution is -2.21. The molecule has 6 heteroatoms. The van der Waals surface area contributed by atoms with Crippen LogP contribution >= 0.6 is 0 Å². The molecule has 1 N–H and O–H groups in total. The van der Waals surface area contributed by atoms with Crippen LogP contribution in [0.15, 0.2) is 54.6 Å². The summed E-state index contributed by atoms with van der Waals surface area (Å²) in [5, 5.41) is 12.3. The van der Waals surface area contributed by atoms with Crippen LogP contribution in [0.25, 0.3) is 10.9 Å². The molecule has 1 amide bonds. The van der Waals surface area contributed by atoms with Gasteiger partial charge in [0.25, 0.3) is 5.91 Å². The fourth-order valence-corrected chi connectivity index (χ4v) is 2.56. The molecule has 128 valence electrons. The minimum absolute atomic E-state index is 0.336. The number of nitrogens with zero attached hydrogens (tertiary/aromatic N) is 2. The van der Waals surface area contributed by atoms with Crippen molar-refractivity contribution in [1.82, 2.24) is 4.98 Å². The maximum Gasteiger partial charge on any atom is 0.339 e. The molecular formula is C20H15N3O3. The van der Waals surface area contributed by atoms with Crippen molar-refractivity contribution in [3.8, 4) is 6.07 Å². The first kappa shape index (κ1) is 17.1. The molecule has 0 radical (unpaired) electrons. The van der Waals surface area contributed by atoms with Crippen molar-refractivity contribution in [2.45, 2.75) is 6.92 Å². The zero-order valence-electron chi connectivity index (χ0n) is 14.0. The molecule has 0 atom stereocenters. The Balaban J connectivity index is 1.71. The monoisotopic (exact) mass is 345 g/mol. The molecule has 0 bridgehead atoms. The topological polar surface area (TPSA) is 92.1 Å². The van der Waals surface area contributed by atoms with Crippen molar-refractivity contribution in [2.75, 3.05) is 11.9 Å². The number of hydrogen-bond acceptors (Lipinski definition) is 5. The Bertz CT molecular complexity index is 1040. The van der Waals surface area contributed by atoms with E-state index in [9.17, 15) is 9.59 Å². The van der Waals surface area contributed by atoms with Crippen LogP contribution in [-0.4, -0.2) is 23.5 Å². The molecule has 0 aliphatic rings. The summed E-state index contributed by atoms with van der Waals surface area (Å²) in [6.07, 6.45) is 0. The predicted octanol–water partition coefficient (Wildman–Crippen LogP) is 3.21. The van der Waals surface area contributed by atoms with Gasteiger partial charge >= 0.3 is 5.97 Å². The van der Waals surface area contributed by atoms with Gasteiger partial charge in [0.05, 0.1) is 22.3 Å². The summed E-state index contributed by atoms with van der Waals surface area (Å²) < 4.78 is 5.14. The van der Waals surface area contributed by atoms with Crippen molar-refractivity contribution < 1.29 is 14.3 Å². The molecule has 3 aromatic rings. The van der Waals surface area contributed by atoms with Crippen LogP contribution in [0.2, 0.25) is 0 Å². The number of aryl methyl sites for hydroxylation is 1. The number of anilines is 1. The lowest BCUT2D eigenvalue weighted by atomic mass is 10.1. The second kappa shape index (κ2) is 7.45. The lowest BCUT2D eigenvalue weighted by molar-refractivity contribution is -0.119. The normalized spacial score (nSPS) is 10.2. The number of pyridine rings is 1. The maximum atomic E-state index is 12.4. The number of benzene rings is 2. The fourth-order valence-electron chi connectivity index (χ4n) is 2.56. The maximum absolute atomic E-state index is 12.4.